The molecule has 0 spiro atoms. The number of nitrogens with one attached hydrogen (secondary N) is 2. The molecule has 0 saturated heterocycles. The molecule has 5 nitrogen and oxygen atoms in total. The minimum absolute atomic E-state index is 0.291. The number of anilines is 2. The molecule has 0 aliphatic rings. The summed E-state index contributed by atoms with van der Waals surface area (Å²) in [6, 6.07) is 25.9. The standard InChI is InChI=1S/C26H19N3O2S/c1-17-5-2-3-8-22(17)19-9-11-20(12-10-19)25(30)29-23-13-14-32-24(23)26(31)28-21-7-4-6-18(15-21)16-27/h2-15H,1H3,(H,28,31)(H,29,30). The first kappa shape index (κ1) is 21.0. The molecule has 0 bridgehead atoms. The van der Waals surface area contributed by atoms with Gasteiger partial charge in [-0.2, -0.15) is 5.26 Å². The van der Waals surface area contributed by atoms with E-state index in [1.807, 2.05) is 36.4 Å². The van der Waals surface area contributed by atoms with Gasteiger partial charge in [0.25, 0.3) is 11.8 Å². The Balaban J connectivity index is 1.48. The van der Waals surface area contributed by atoms with Crippen molar-refractivity contribution < 1.29 is 9.59 Å². The van der Waals surface area contributed by atoms with Crippen LogP contribution in [0.5, 0.6) is 0 Å². The van der Waals surface area contributed by atoms with Crippen LogP contribution >= 0.6 is 11.3 Å². The first-order chi connectivity index (χ1) is 15.5. The van der Waals surface area contributed by atoms with Gasteiger partial charge in [0.15, 0.2) is 0 Å². The molecule has 0 saturated carbocycles. The number of benzene rings is 3. The summed E-state index contributed by atoms with van der Waals surface area (Å²) in [6.07, 6.45) is 0. The predicted octanol–water partition coefficient (Wildman–Crippen LogP) is 6.10. The van der Waals surface area contributed by atoms with E-state index in [1.165, 1.54) is 16.9 Å². The van der Waals surface area contributed by atoms with Gasteiger partial charge in [0.2, 0.25) is 0 Å². The Bertz CT molecular complexity index is 1330. The summed E-state index contributed by atoms with van der Waals surface area (Å²) >= 11 is 1.23. The fraction of sp³-hybridized carbons (Fsp3) is 0.0385. The van der Waals surface area contributed by atoms with Crippen molar-refractivity contribution >= 4 is 34.5 Å². The first-order valence-electron chi connectivity index (χ1n) is 9.91. The lowest BCUT2D eigenvalue weighted by Crippen LogP contribution is -2.16. The topological polar surface area (TPSA) is 82.0 Å². The zero-order valence-corrected chi connectivity index (χ0v) is 18.1. The van der Waals surface area contributed by atoms with Crippen molar-refractivity contribution in [2.24, 2.45) is 0 Å². The highest BCUT2D eigenvalue weighted by Crippen LogP contribution is 2.26. The zero-order chi connectivity index (χ0) is 22.5. The molecule has 2 N–H and O–H groups in total. The minimum Gasteiger partial charge on any atom is -0.321 e. The highest BCUT2D eigenvalue weighted by atomic mass is 32.1. The molecule has 3 aromatic carbocycles. The number of aryl methyl sites for hydroxylation is 1. The number of amides is 2. The van der Waals surface area contributed by atoms with Crippen LogP contribution < -0.4 is 10.6 Å². The molecule has 0 aliphatic heterocycles. The van der Waals surface area contributed by atoms with Crippen molar-refractivity contribution in [3.63, 3.8) is 0 Å². The third-order valence-electron chi connectivity index (χ3n) is 4.97. The van der Waals surface area contributed by atoms with Gasteiger partial charge in [-0.3, -0.25) is 9.59 Å². The predicted molar refractivity (Wildman–Crippen MR) is 128 cm³/mol. The third-order valence-corrected chi connectivity index (χ3v) is 5.89. The maximum atomic E-state index is 12.8. The van der Waals surface area contributed by atoms with E-state index in [0.29, 0.717) is 27.4 Å². The maximum absolute atomic E-state index is 12.8. The molecule has 1 aromatic heterocycles. The van der Waals surface area contributed by atoms with Crippen LogP contribution in [0, 0.1) is 18.3 Å². The second kappa shape index (κ2) is 9.29. The van der Waals surface area contributed by atoms with E-state index in [0.717, 1.165) is 11.1 Å². The number of hydrogen-bond acceptors (Lipinski definition) is 4. The molecule has 0 unspecified atom stereocenters. The average molecular weight is 438 g/mol. The molecule has 156 valence electrons. The van der Waals surface area contributed by atoms with Crippen molar-refractivity contribution in [3.05, 3.63) is 106 Å². The van der Waals surface area contributed by atoms with Gasteiger partial charge in [-0.25, -0.2) is 0 Å². The summed E-state index contributed by atoms with van der Waals surface area (Å²) in [4.78, 5) is 25.9. The van der Waals surface area contributed by atoms with Gasteiger partial charge >= 0.3 is 0 Å². The average Bonchev–Trinajstić information content (AvgIpc) is 3.28. The van der Waals surface area contributed by atoms with Gasteiger partial charge in [0, 0.05) is 11.3 Å². The minimum atomic E-state index is -0.347. The molecule has 4 rings (SSSR count). The lowest BCUT2D eigenvalue weighted by Gasteiger charge is -2.09. The van der Waals surface area contributed by atoms with E-state index in [-0.39, 0.29) is 11.8 Å². The van der Waals surface area contributed by atoms with Gasteiger partial charge in [-0.1, -0.05) is 42.5 Å². The number of nitriles is 1. The van der Waals surface area contributed by atoms with Gasteiger partial charge in [-0.05, 0) is 65.4 Å². The molecule has 0 fully saturated rings. The van der Waals surface area contributed by atoms with Crippen molar-refractivity contribution in [3.8, 4) is 17.2 Å². The molecule has 0 radical (unpaired) electrons. The Morgan fingerprint density at radius 1 is 0.875 bits per heavy atom. The van der Waals surface area contributed by atoms with E-state index >= 15 is 0 Å². The lowest BCUT2D eigenvalue weighted by molar-refractivity contribution is 0.102. The van der Waals surface area contributed by atoms with Gasteiger partial charge in [-0.15, -0.1) is 11.3 Å². The summed E-state index contributed by atoms with van der Waals surface area (Å²) in [6.45, 7) is 2.05. The Morgan fingerprint density at radius 3 is 2.41 bits per heavy atom. The second-order valence-electron chi connectivity index (χ2n) is 7.16. The van der Waals surface area contributed by atoms with Crippen LogP contribution in [0.2, 0.25) is 0 Å². The van der Waals surface area contributed by atoms with E-state index in [4.69, 9.17) is 5.26 Å². The fourth-order valence-electron chi connectivity index (χ4n) is 3.33. The largest absolute Gasteiger partial charge is 0.321 e. The third kappa shape index (κ3) is 4.59. The summed E-state index contributed by atoms with van der Waals surface area (Å²) in [5, 5.41) is 16.4. The lowest BCUT2D eigenvalue weighted by atomic mass is 9.99. The van der Waals surface area contributed by atoms with Crippen LogP contribution in [-0.2, 0) is 0 Å². The van der Waals surface area contributed by atoms with E-state index in [2.05, 4.69) is 23.6 Å². The van der Waals surface area contributed by atoms with Crippen LogP contribution in [0.25, 0.3) is 11.1 Å². The van der Waals surface area contributed by atoms with E-state index < -0.39 is 0 Å². The Hall–Kier alpha value is -4.21. The van der Waals surface area contributed by atoms with Crippen molar-refractivity contribution in [2.75, 3.05) is 10.6 Å². The Morgan fingerprint density at radius 2 is 1.66 bits per heavy atom. The fourth-order valence-corrected chi connectivity index (χ4v) is 4.07. The molecule has 4 aromatic rings. The summed E-state index contributed by atoms with van der Waals surface area (Å²) < 4.78 is 0. The number of nitrogens with zero attached hydrogens (tertiary/aromatic N) is 1. The number of hydrogen-bond donors (Lipinski definition) is 2. The number of rotatable bonds is 5. The molecular weight excluding hydrogens is 418 g/mol. The molecule has 2 amide bonds. The number of carbonyl (C=O) groups is 2. The van der Waals surface area contributed by atoms with Crippen LogP contribution in [0.3, 0.4) is 0 Å². The van der Waals surface area contributed by atoms with E-state index in [9.17, 15) is 9.59 Å². The Labute approximate surface area is 190 Å². The Kier molecular flexibility index (Phi) is 6.11. The number of thiophene rings is 1. The molecular formula is C26H19N3O2S. The monoisotopic (exact) mass is 437 g/mol. The van der Waals surface area contributed by atoms with Gasteiger partial charge < -0.3 is 10.6 Å². The molecule has 32 heavy (non-hydrogen) atoms. The number of carbonyl (C=O) groups excluding carboxylic acids is 2. The smallest absolute Gasteiger partial charge is 0.267 e. The van der Waals surface area contributed by atoms with Crippen molar-refractivity contribution in [1.29, 1.82) is 5.26 Å². The quantitative estimate of drug-likeness (QED) is 0.396. The van der Waals surface area contributed by atoms with Gasteiger partial charge in [0.1, 0.15) is 4.88 Å². The molecule has 1 heterocycles. The van der Waals surface area contributed by atoms with Crippen molar-refractivity contribution in [1.82, 2.24) is 0 Å². The highest BCUT2D eigenvalue weighted by molar-refractivity contribution is 7.12. The van der Waals surface area contributed by atoms with Gasteiger partial charge in [0.05, 0.1) is 17.3 Å². The summed E-state index contributed by atoms with van der Waals surface area (Å²) in [5.74, 6) is -0.638. The zero-order valence-electron chi connectivity index (χ0n) is 17.3. The summed E-state index contributed by atoms with van der Waals surface area (Å²) in [5.41, 5.74) is 5.24. The highest BCUT2D eigenvalue weighted by Gasteiger charge is 2.16. The van der Waals surface area contributed by atoms with Crippen LogP contribution in [0.4, 0.5) is 11.4 Å². The SMILES string of the molecule is Cc1ccccc1-c1ccc(C(=O)Nc2ccsc2C(=O)Nc2cccc(C#N)c2)cc1. The summed E-state index contributed by atoms with van der Waals surface area (Å²) in [7, 11) is 0. The van der Waals surface area contributed by atoms with E-state index in [1.54, 1.807) is 47.8 Å². The molecule has 0 atom stereocenters. The normalized spacial score (nSPS) is 10.2. The van der Waals surface area contributed by atoms with Crippen LogP contribution in [0.1, 0.15) is 31.2 Å². The van der Waals surface area contributed by atoms with Crippen LogP contribution in [-0.4, -0.2) is 11.8 Å². The van der Waals surface area contributed by atoms with Crippen LogP contribution in [0.15, 0.2) is 84.2 Å². The second-order valence-corrected chi connectivity index (χ2v) is 8.07. The first-order valence-corrected chi connectivity index (χ1v) is 10.8. The molecule has 0 aliphatic carbocycles. The molecule has 6 heteroatoms. The maximum Gasteiger partial charge on any atom is 0.267 e. The van der Waals surface area contributed by atoms with Crippen molar-refractivity contribution in [2.45, 2.75) is 6.92 Å².